The summed E-state index contributed by atoms with van der Waals surface area (Å²) >= 11 is 0. The maximum Gasteiger partial charge on any atom is 0.407 e. The maximum atomic E-state index is 14.3. The van der Waals surface area contributed by atoms with Gasteiger partial charge in [0.15, 0.2) is 0 Å². The molecule has 3 aliphatic heterocycles. The Bertz CT molecular complexity index is 2340. The van der Waals surface area contributed by atoms with Gasteiger partial charge in [0.1, 0.15) is 29.5 Å². The molecule has 4 N–H and O–H groups in total. The van der Waals surface area contributed by atoms with Crippen LogP contribution in [0.4, 0.5) is 19.7 Å². The van der Waals surface area contributed by atoms with Gasteiger partial charge in [-0.05, 0) is 96.9 Å². The number of aromatic nitrogens is 4. The Morgan fingerprint density at radius 1 is 0.606 bits per heavy atom. The van der Waals surface area contributed by atoms with Crippen molar-refractivity contribution in [3.8, 4) is 22.5 Å². The molecule has 5 aromatic rings. The molecule has 2 aromatic heterocycles. The SMILES string of the molecule is COC(=O)N[C@H](C(=O)N1CCC[C@H]1c1ncc(-c2ccc([C@H]3CC[C@H](c4ccc(-c5cnc([C@@H]6CCCN6C(=O)[C@@H](NC(=O)OC)C(C)C)[nH]5)cc4)N3c3ccc(F)cc3)cc2)[nH]1)C(C)C. The van der Waals surface area contributed by atoms with E-state index >= 15 is 0 Å². The lowest BCUT2D eigenvalue weighted by atomic mass is 10.0. The third-order valence-electron chi connectivity index (χ3n) is 13.4. The molecule has 15 nitrogen and oxygen atoms in total. The summed E-state index contributed by atoms with van der Waals surface area (Å²) in [6.45, 7) is 8.74. The van der Waals surface area contributed by atoms with Gasteiger partial charge < -0.3 is 44.8 Å². The van der Waals surface area contributed by atoms with Crippen molar-refractivity contribution in [1.82, 2.24) is 40.4 Å². The van der Waals surface area contributed by atoms with Crippen molar-refractivity contribution in [3.05, 3.63) is 114 Å². The second-order valence-electron chi connectivity index (χ2n) is 18.2. The van der Waals surface area contributed by atoms with Crippen LogP contribution in [0.5, 0.6) is 0 Å². The van der Waals surface area contributed by atoms with E-state index in [1.807, 2.05) is 52.2 Å². The molecule has 3 aliphatic rings. The summed E-state index contributed by atoms with van der Waals surface area (Å²) in [5.74, 6) is 0.569. The van der Waals surface area contributed by atoms with Gasteiger partial charge in [-0.2, -0.15) is 0 Å². The zero-order chi connectivity index (χ0) is 46.6. The summed E-state index contributed by atoms with van der Waals surface area (Å²) < 4.78 is 23.9. The summed E-state index contributed by atoms with van der Waals surface area (Å²) in [5.41, 5.74) is 6.82. The lowest BCUT2D eigenvalue weighted by Crippen LogP contribution is -2.51. The Morgan fingerprint density at radius 3 is 1.39 bits per heavy atom. The molecule has 0 aliphatic carbocycles. The number of methoxy groups -OCH3 is 2. The van der Waals surface area contributed by atoms with E-state index in [0.717, 1.165) is 77.9 Å². The zero-order valence-corrected chi connectivity index (χ0v) is 38.4. The van der Waals surface area contributed by atoms with E-state index in [0.29, 0.717) is 24.7 Å². The Hall–Kier alpha value is -6.71. The first kappa shape index (κ1) is 45.8. The maximum absolute atomic E-state index is 14.3. The first-order valence-corrected chi connectivity index (χ1v) is 23.0. The van der Waals surface area contributed by atoms with Crippen LogP contribution in [0.2, 0.25) is 0 Å². The standard InChI is InChI=1S/C50H60FN9O6/c1-29(2)43(56-49(63)65-5)47(61)58-25-7-9-41(58)45-52-27-37(54-45)31-11-15-33(16-12-31)39-23-24-40(60(39)36-21-19-35(51)20-22-36)34-17-13-32(14-18-34)38-28-53-46(55-38)42-10-8-26-59(42)48(62)44(30(3)4)57-50(64)66-6/h11-22,27-30,39-44H,7-10,23-26H2,1-6H3,(H,52,54)(H,53,55)(H,56,63)(H,57,64)/t39-,40-,41+,42+,43+,44+/m1/s1. The predicted molar refractivity (Wildman–Crippen MR) is 247 cm³/mol. The molecule has 8 rings (SSSR count). The average molecular weight is 902 g/mol. The number of H-pyrrole nitrogens is 2. The van der Waals surface area contributed by atoms with E-state index < -0.39 is 24.3 Å². The third kappa shape index (κ3) is 9.49. The Morgan fingerprint density at radius 2 is 1.02 bits per heavy atom. The summed E-state index contributed by atoms with van der Waals surface area (Å²) in [6, 6.07) is 21.8. The Labute approximate surface area is 384 Å². The molecule has 0 bridgehead atoms. The van der Waals surface area contributed by atoms with Crippen molar-refractivity contribution in [2.45, 2.75) is 102 Å². The normalized spacial score (nSPS) is 20.5. The highest BCUT2D eigenvalue weighted by Crippen LogP contribution is 2.47. The van der Waals surface area contributed by atoms with Crippen LogP contribution in [0, 0.1) is 17.7 Å². The van der Waals surface area contributed by atoms with Crippen LogP contribution >= 0.6 is 0 Å². The summed E-state index contributed by atoms with van der Waals surface area (Å²) in [7, 11) is 2.57. The first-order valence-electron chi connectivity index (χ1n) is 23.0. The number of hydrogen-bond donors (Lipinski definition) is 4. The van der Waals surface area contributed by atoms with E-state index in [-0.39, 0.29) is 53.6 Å². The van der Waals surface area contributed by atoms with E-state index in [9.17, 15) is 23.6 Å². The minimum absolute atomic E-state index is 0.0300. The molecule has 0 unspecified atom stereocenters. The molecule has 4 amide bonds. The number of carbonyl (C=O) groups excluding carboxylic acids is 4. The lowest BCUT2D eigenvalue weighted by Gasteiger charge is -2.33. The average Bonchev–Trinajstić information content (AvgIpc) is 4.19. The first-order chi connectivity index (χ1) is 31.8. The smallest absolute Gasteiger partial charge is 0.407 e. The van der Waals surface area contributed by atoms with E-state index in [2.05, 4.69) is 74.0 Å². The van der Waals surface area contributed by atoms with E-state index in [4.69, 9.17) is 19.4 Å². The van der Waals surface area contributed by atoms with Gasteiger partial charge >= 0.3 is 12.2 Å². The predicted octanol–water partition coefficient (Wildman–Crippen LogP) is 8.78. The van der Waals surface area contributed by atoms with Crippen molar-refractivity contribution in [3.63, 3.8) is 0 Å². The number of nitrogens with zero attached hydrogens (tertiary/aromatic N) is 5. The molecule has 0 saturated carbocycles. The minimum Gasteiger partial charge on any atom is -0.453 e. The number of nitrogens with one attached hydrogen (secondary N) is 4. The highest BCUT2D eigenvalue weighted by molar-refractivity contribution is 5.87. The second-order valence-corrected chi connectivity index (χ2v) is 18.2. The van der Waals surface area contributed by atoms with Gasteiger partial charge in [-0.15, -0.1) is 0 Å². The van der Waals surface area contributed by atoms with Crippen LogP contribution in [0.3, 0.4) is 0 Å². The largest absolute Gasteiger partial charge is 0.453 e. The Kier molecular flexibility index (Phi) is 13.8. The molecule has 6 atom stereocenters. The number of alkyl carbamates (subject to hydrolysis) is 2. The second kappa shape index (κ2) is 19.8. The fraction of sp³-hybridized carbons (Fsp3) is 0.440. The van der Waals surface area contributed by atoms with Crippen molar-refractivity contribution in [2.24, 2.45) is 11.8 Å². The minimum atomic E-state index is -0.710. The molecular weight excluding hydrogens is 842 g/mol. The molecule has 16 heteroatoms. The van der Waals surface area contributed by atoms with Crippen LogP contribution in [0.1, 0.15) is 113 Å². The molecule has 66 heavy (non-hydrogen) atoms. The number of likely N-dealkylation sites (tertiary alicyclic amines) is 2. The van der Waals surface area contributed by atoms with Crippen molar-refractivity contribution < 1.29 is 33.0 Å². The number of aromatic amines is 2. The summed E-state index contributed by atoms with van der Waals surface area (Å²) in [5, 5.41) is 5.41. The van der Waals surface area contributed by atoms with Crippen LogP contribution in [0.25, 0.3) is 22.5 Å². The van der Waals surface area contributed by atoms with E-state index in [1.165, 1.54) is 26.4 Å². The monoisotopic (exact) mass is 901 g/mol. The van der Waals surface area contributed by atoms with Crippen LogP contribution in [-0.4, -0.2) is 93.1 Å². The number of imidazole rings is 2. The van der Waals surface area contributed by atoms with Gasteiger partial charge in [0, 0.05) is 18.8 Å². The van der Waals surface area contributed by atoms with Gasteiger partial charge in [0.2, 0.25) is 11.8 Å². The van der Waals surface area contributed by atoms with E-state index in [1.54, 1.807) is 9.80 Å². The molecule has 3 aromatic carbocycles. The summed E-state index contributed by atoms with van der Waals surface area (Å²) in [4.78, 5) is 73.9. The zero-order valence-electron chi connectivity index (χ0n) is 38.4. The number of rotatable bonds is 13. The highest BCUT2D eigenvalue weighted by Gasteiger charge is 2.40. The van der Waals surface area contributed by atoms with Gasteiger partial charge in [-0.1, -0.05) is 76.2 Å². The quantitative estimate of drug-likeness (QED) is 0.0900. The van der Waals surface area contributed by atoms with Crippen LogP contribution in [0.15, 0.2) is 85.2 Å². The fourth-order valence-corrected chi connectivity index (χ4v) is 9.90. The number of ether oxygens (including phenoxy) is 2. The Balaban J connectivity index is 0.975. The van der Waals surface area contributed by atoms with Gasteiger partial charge in [-0.25, -0.2) is 23.9 Å². The number of carbonyl (C=O) groups is 4. The molecule has 348 valence electrons. The molecule has 0 radical (unpaired) electrons. The van der Waals surface area contributed by atoms with Crippen molar-refractivity contribution in [2.75, 3.05) is 32.2 Å². The van der Waals surface area contributed by atoms with Gasteiger partial charge in [0.05, 0.1) is 62.2 Å². The number of hydrogen-bond acceptors (Lipinski definition) is 9. The number of anilines is 1. The van der Waals surface area contributed by atoms with Crippen molar-refractivity contribution in [1.29, 1.82) is 0 Å². The molecule has 5 heterocycles. The fourth-order valence-electron chi connectivity index (χ4n) is 9.90. The molecule has 3 fully saturated rings. The molecule has 0 spiro atoms. The van der Waals surface area contributed by atoms with Gasteiger partial charge in [0.25, 0.3) is 0 Å². The molecule has 3 saturated heterocycles. The number of halogens is 1. The highest BCUT2D eigenvalue weighted by atomic mass is 19.1. The lowest BCUT2D eigenvalue weighted by molar-refractivity contribution is -0.136. The summed E-state index contributed by atoms with van der Waals surface area (Å²) in [6.07, 6.45) is 7.30. The number of benzene rings is 3. The van der Waals surface area contributed by atoms with Crippen LogP contribution in [-0.2, 0) is 19.1 Å². The van der Waals surface area contributed by atoms with Gasteiger partial charge in [-0.3, -0.25) is 9.59 Å². The van der Waals surface area contributed by atoms with Crippen molar-refractivity contribution >= 4 is 29.7 Å². The number of amides is 4. The van der Waals surface area contributed by atoms with Crippen LogP contribution < -0.4 is 15.5 Å². The third-order valence-corrected chi connectivity index (χ3v) is 13.4. The topological polar surface area (TPSA) is 178 Å². The molecular formula is C50H60FN9O6.